The number of rotatable bonds is 4. The van der Waals surface area contributed by atoms with E-state index in [1.807, 2.05) is 0 Å². The minimum Gasteiger partial charge on any atom is -0.348 e. The first-order chi connectivity index (χ1) is 11.6. The lowest BCUT2D eigenvalue weighted by molar-refractivity contribution is -0.384. The van der Waals surface area contributed by atoms with Crippen LogP contribution in [0.2, 0.25) is 0 Å². The number of carbonyl (C=O) groups excluding carboxylic acids is 1. The van der Waals surface area contributed by atoms with Crippen LogP contribution in [0.3, 0.4) is 0 Å². The van der Waals surface area contributed by atoms with Gasteiger partial charge in [0.1, 0.15) is 18.3 Å². The van der Waals surface area contributed by atoms with Gasteiger partial charge in [-0.05, 0) is 31.0 Å². The van der Waals surface area contributed by atoms with Crippen LogP contribution in [0.25, 0.3) is 5.69 Å². The quantitative estimate of drug-likeness (QED) is 0.623. The number of hydrogen-bond acceptors (Lipinski definition) is 6. The third-order valence-corrected chi connectivity index (χ3v) is 4.24. The molecule has 0 aliphatic carbocycles. The Morgan fingerprint density at radius 1 is 1.48 bits per heavy atom. The number of amides is 1. The number of halogens is 1. The summed E-state index contributed by atoms with van der Waals surface area (Å²) in [6.45, 7) is 3.72. The van der Waals surface area contributed by atoms with Gasteiger partial charge in [0.05, 0.1) is 4.92 Å². The van der Waals surface area contributed by atoms with Crippen LogP contribution < -0.4 is 10.6 Å². The highest BCUT2D eigenvalue weighted by molar-refractivity contribution is 5.95. The molecule has 2 N–H and O–H groups in total. The van der Waals surface area contributed by atoms with Crippen molar-refractivity contribution >= 4 is 24.0 Å². The first-order valence-corrected chi connectivity index (χ1v) is 7.71. The van der Waals surface area contributed by atoms with E-state index < -0.39 is 4.92 Å². The SMILES string of the molecule is CC1CCNCC1NC(=O)c1ccc(-n2cncn2)c([N+](=O)[O-])c1.Cl. The summed E-state index contributed by atoms with van der Waals surface area (Å²) < 4.78 is 1.30. The number of aromatic nitrogens is 3. The van der Waals surface area contributed by atoms with Crippen LogP contribution in [0.4, 0.5) is 5.69 Å². The molecule has 2 aromatic rings. The van der Waals surface area contributed by atoms with Gasteiger partial charge in [-0.3, -0.25) is 14.9 Å². The van der Waals surface area contributed by atoms with Gasteiger partial charge in [0, 0.05) is 24.2 Å². The molecule has 0 radical (unpaired) electrons. The smallest absolute Gasteiger partial charge is 0.295 e. The molecule has 1 aliphatic heterocycles. The summed E-state index contributed by atoms with van der Waals surface area (Å²) in [7, 11) is 0. The zero-order valence-corrected chi connectivity index (χ0v) is 14.4. The van der Waals surface area contributed by atoms with Gasteiger partial charge in [-0.15, -0.1) is 12.4 Å². The highest BCUT2D eigenvalue weighted by atomic mass is 35.5. The Balaban J connectivity index is 0.00000225. The number of piperidine rings is 1. The number of nitrogens with one attached hydrogen (secondary N) is 2. The second-order valence-electron chi connectivity index (χ2n) is 5.85. The summed E-state index contributed by atoms with van der Waals surface area (Å²) >= 11 is 0. The lowest BCUT2D eigenvalue weighted by Crippen LogP contribution is -2.50. The standard InChI is InChI=1S/C15H18N6O3.ClH/c1-10-4-5-16-7-12(10)19-15(22)11-2-3-13(14(6-11)21(23)24)20-9-17-8-18-20;/h2-3,6,8-10,12,16H,4-5,7H2,1H3,(H,19,22);1H. The van der Waals surface area contributed by atoms with Crippen LogP contribution in [-0.4, -0.2) is 44.7 Å². The normalized spacial score (nSPS) is 19.7. The van der Waals surface area contributed by atoms with Crippen molar-refractivity contribution in [1.82, 2.24) is 25.4 Å². The maximum Gasteiger partial charge on any atom is 0.295 e. The average Bonchev–Trinajstić information content (AvgIpc) is 3.10. The Kier molecular flexibility index (Phi) is 6.05. The second kappa shape index (κ2) is 8.04. The molecule has 1 fully saturated rings. The summed E-state index contributed by atoms with van der Waals surface area (Å²) in [5, 5.41) is 21.4. The van der Waals surface area contributed by atoms with E-state index in [9.17, 15) is 14.9 Å². The van der Waals surface area contributed by atoms with Crippen LogP contribution >= 0.6 is 12.4 Å². The molecule has 134 valence electrons. The van der Waals surface area contributed by atoms with E-state index in [-0.39, 0.29) is 41.3 Å². The van der Waals surface area contributed by atoms with Gasteiger partial charge >= 0.3 is 0 Å². The number of nitrogens with zero attached hydrogens (tertiary/aromatic N) is 4. The molecule has 9 nitrogen and oxygen atoms in total. The van der Waals surface area contributed by atoms with Crippen LogP contribution in [0, 0.1) is 16.0 Å². The van der Waals surface area contributed by atoms with Crippen molar-refractivity contribution in [2.75, 3.05) is 13.1 Å². The molecule has 0 spiro atoms. The molecule has 1 aliphatic rings. The minimum absolute atomic E-state index is 0. The van der Waals surface area contributed by atoms with Crippen molar-refractivity contribution in [2.24, 2.45) is 5.92 Å². The molecule has 0 saturated carbocycles. The monoisotopic (exact) mass is 366 g/mol. The molecule has 2 atom stereocenters. The molecular weight excluding hydrogens is 348 g/mol. The molecule has 3 rings (SSSR count). The van der Waals surface area contributed by atoms with E-state index in [0.29, 0.717) is 12.5 Å². The molecule has 2 heterocycles. The van der Waals surface area contributed by atoms with Gasteiger partial charge in [-0.25, -0.2) is 9.67 Å². The fourth-order valence-corrected chi connectivity index (χ4v) is 2.77. The zero-order chi connectivity index (χ0) is 17.1. The van der Waals surface area contributed by atoms with E-state index >= 15 is 0 Å². The van der Waals surface area contributed by atoms with Crippen LogP contribution in [0.15, 0.2) is 30.9 Å². The van der Waals surface area contributed by atoms with Gasteiger partial charge in [0.2, 0.25) is 0 Å². The van der Waals surface area contributed by atoms with E-state index in [1.54, 1.807) is 6.07 Å². The topological polar surface area (TPSA) is 115 Å². The molecule has 2 unspecified atom stereocenters. The Bertz CT molecular complexity index is 752. The summed E-state index contributed by atoms with van der Waals surface area (Å²) in [6.07, 6.45) is 3.65. The van der Waals surface area contributed by atoms with Crippen molar-refractivity contribution in [2.45, 2.75) is 19.4 Å². The van der Waals surface area contributed by atoms with Crippen molar-refractivity contribution in [3.05, 3.63) is 46.5 Å². The molecular formula is C15H19ClN6O3. The molecule has 1 amide bonds. The van der Waals surface area contributed by atoms with Crippen molar-refractivity contribution in [3.63, 3.8) is 0 Å². The molecule has 10 heteroatoms. The highest BCUT2D eigenvalue weighted by Crippen LogP contribution is 2.23. The molecule has 1 saturated heterocycles. The van der Waals surface area contributed by atoms with Gasteiger partial charge in [-0.2, -0.15) is 5.10 Å². The first-order valence-electron chi connectivity index (χ1n) is 7.71. The van der Waals surface area contributed by atoms with Crippen molar-refractivity contribution in [3.8, 4) is 5.69 Å². The van der Waals surface area contributed by atoms with Crippen LogP contribution in [0.5, 0.6) is 0 Å². The Hall–Kier alpha value is -2.52. The fourth-order valence-electron chi connectivity index (χ4n) is 2.77. The molecule has 1 aromatic heterocycles. The lowest BCUT2D eigenvalue weighted by atomic mass is 9.94. The predicted molar refractivity (Wildman–Crippen MR) is 93.2 cm³/mol. The van der Waals surface area contributed by atoms with E-state index in [2.05, 4.69) is 27.6 Å². The Morgan fingerprint density at radius 3 is 2.92 bits per heavy atom. The Morgan fingerprint density at radius 2 is 2.28 bits per heavy atom. The molecule has 1 aromatic carbocycles. The van der Waals surface area contributed by atoms with Crippen LogP contribution in [-0.2, 0) is 0 Å². The van der Waals surface area contributed by atoms with Crippen LogP contribution in [0.1, 0.15) is 23.7 Å². The minimum atomic E-state index is -0.529. The summed E-state index contributed by atoms with van der Waals surface area (Å²) in [5.74, 6) is 0.0448. The fraction of sp³-hybridized carbons (Fsp3) is 0.400. The third-order valence-electron chi connectivity index (χ3n) is 4.24. The third kappa shape index (κ3) is 4.12. The summed E-state index contributed by atoms with van der Waals surface area (Å²) in [5.41, 5.74) is 0.327. The van der Waals surface area contributed by atoms with E-state index in [4.69, 9.17) is 0 Å². The largest absolute Gasteiger partial charge is 0.348 e. The predicted octanol–water partition coefficient (Wildman–Crippen LogP) is 1.33. The number of nitro groups is 1. The molecule has 0 bridgehead atoms. The highest BCUT2D eigenvalue weighted by Gasteiger charge is 2.25. The molecule has 25 heavy (non-hydrogen) atoms. The Labute approximate surface area is 150 Å². The van der Waals surface area contributed by atoms with Crippen molar-refractivity contribution in [1.29, 1.82) is 0 Å². The number of hydrogen-bond donors (Lipinski definition) is 2. The van der Waals surface area contributed by atoms with E-state index in [0.717, 1.165) is 13.0 Å². The maximum absolute atomic E-state index is 12.4. The first kappa shape index (κ1) is 18.8. The number of nitro benzene ring substituents is 1. The number of benzene rings is 1. The van der Waals surface area contributed by atoms with Gasteiger partial charge in [0.25, 0.3) is 11.6 Å². The van der Waals surface area contributed by atoms with Gasteiger partial charge in [0.15, 0.2) is 0 Å². The van der Waals surface area contributed by atoms with Crippen molar-refractivity contribution < 1.29 is 9.72 Å². The average molecular weight is 367 g/mol. The summed E-state index contributed by atoms with van der Waals surface area (Å²) in [6, 6.07) is 4.35. The van der Waals surface area contributed by atoms with E-state index in [1.165, 1.54) is 29.5 Å². The zero-order valence-electron chi connectivity index (χ0n) is 13.6. The second-order valence-corrected chi connectivity index (χ2v) is 5.85. The maximum atomic E-state index is 12.4. The lowest BCUT2D eigenvalue weighted by Gasteiger charge is -2.30. The number of carbonyl (C=O) groups is 1. The summed E-state index contributed by atoms with van der Waals surface area (Å²) in [4.78, 5) is 27.0. The van der Waals surface area contributed by atoms with Gasteiger partial charge in [-0.1, -0.05) is 6.92 Å². The van der Waals surface area contributed by atoms with Gasteiger partial charge < -0.3 is 10.6 Å².